The maximum absolute atomic E-state index is 6.66. The number of furan rings is 2. The van der Waals surface area contributed by atoms with Crippen LogP contribution < -0.4 is 26.6 Å². The number of benzene rings is 7. The lowest BCUT2D eigenvalue weighted by molar-refractivity contribution is 0.176. The van der Waals surface area contributed by atoms with Gasteiger partial charge in [0.25, 0.3) is 0 Å². The molecule has 1 saturated heterocycles. The molecule has 0 radical (unpaired) electrons. The Morgan fingerprint density at radius 1 is 0.509 bits per heavy atom. The van der Waals surface area contributed by atoms with Crippen LogP contribution in [0.15, 0.2) is 173 Å². The van der Waals surface area contributed by atoms with Crippen molar-refractivity contribution in [2.45, 2.75) is 24.9 Å². The fourth-order valence-corrected chi connectivity index (χ4v) is 9.37. The SMILES string of the molecule is C1=c2oc3cccc(-c4ccc5c(c4)oc4ccc(-n6c7ccccc7c7ccccc76)cc45)c3c2=CCC1C1NC(c2ccccc2)NC(c2ccccc2)N1. The van der Waals surface area contributed by atoms with Crippen molar-refractivity contribution in [1.82, 2.24) is 20.5 Å². The predicted molar refractivity (Wildman–Crippen MR) is 231 cm³/mol. The summed E-state index contributed by atoms with van der Waals surface area (Å²) >= 11 is 0. The molecule has 7 aromatic carbocycles. The van der Waals surface area contributed by atoms with E-state index in [1.165, 1.54) is 32.9 Å². The monoisotopic (exact) mass is 738 g/mol. The highest BCUT2D eigenvalue weighted by molar-refractivity contribution is 6.11. The van der Waals surface area contributed by atoms with Gasteiger partial charge >= 0.3 is 0 Å². The van der Waals surface area contributed by atoms with Crippen LogP contribution in [-0.2, 0) is 0 Å². The standard InChI is InChI=1S/C51H38N4O2/c1-3-12-31(13-4-1)49-52-50(32-14-5-2-6-15-32)54-51(53-49)34-23-26-40-47(29-34)57-45-21-11-18-36(48(40)45)33-22-25-39-41-30-35(24-27-44(41)56-46(39)28-33)55-42-19-9-7-16-37(42)38-17-8-10-20-43(38)55/h1-22,24-30,34,49-54H,23H2. The molecule has 57 heavy (non-hydrogen) atoms. The fraction of sp³-hybridized carbons (Fsp3) is 0.0980. The van der Waals surface area contributed by atoms with E-state index in [4.69, 9.17) is 8.83 Å². The Hall–Kier alpha value is -6.70. The summed E-state index contributed by atoms with van der Waals surface area (Å²) in [5, 5.41) is 18.5. The van der Waals surface area contributed by atoms with Crippen molar-refractivity contribution in [2.75, 3.05) is 0 Å². The molecule has 0 amide bonds. The summed E-state index contributed by atoms with van der Waals surface area (Å²) in [5.41, 5.74) is 11.7. The molecular formula is C51H38N4O2. The molecule has 0 spiro atoms. The quantitative estimate of drug-likeness (QED) is 0.164. The van der Waals surface area contributed by atoms with Gasteiger partial charge in [0.15, 0.2) is 0 Å². The number of hydrogen-bond donors (Lipinski definition) is 3. The zero-order chi connectivity index (χ0) is 37.5. The van der Waals surface area contributed by atoms with E-state index in [2.05, 4.69) is 196 Å². The Morgan fingerprint density at radius 3 is 1.91 bits per heavy atom. The third kappa shape index (κ3) is 5.30. The molecule has 3 aromatic heterocycles. The number of fused-ring (bicyclic) bond motifs is 9. The van der Waals surface area contributed by atoms with Gasteiger partial charge in [-0.1, -0.05) is 121 Å². The maximum atomic E-state index is 6.66. The third-order valence-corrected chi connectivity index (χ3v) is 12.1. The van der Waals surface area contributed by atoms with Crippen LogP contribution in [0, 0.1) is 5.92 Å². The number of rotatable bonds is 5. The summed E-state index contributed by atoms with van der Waals surface area (Å²) in [4.78, 5) is 0. The first-order valence-electron chi connectivity index (χ1n) is 19.8. The molecule has 3 N–H and O–H groups in total. The molecule has 12 rings (SSSR count). The minimum absolute atomic E-state index is 0.00635. The number of para-hydroxylation sites is 2. The van der Waals surface area contributed by atoms with Crippen molar-refractivity contribution in [3.05, 3.63) is 186 Å². The van der Waals surface area contributed by atoms with E-state index in [1.54, 1.807) is 0 Å². The highest BCUT2D eigenvalue weighted by Gasteiger charge is 2.33. The zero-order valence-corrected chi connectivity index (χ0v) is 31.0. The van der Waals surface area contributed by atoms with E-state index in [0.29, 0.717) is 0 Å². The lowest BCUT2D eigenvalue weighted by atomic mass is 9.92. The molecular weight excluding hydrogens is 701 g/mol. The highest BCUT2D eigenvalue weighted by Crippen LogP contribution is 2.38. The van der Waals surface area contributed by atoms with Gasteiger partial charge < -0.3 is 13.4 Å². The highest BCUT2D eigenvalue weighted by atomic mass is 16.3. The zero-order valence-electron chi connectivity index (χ0n) is 31.0. The smallest absolute Gasteiger partial charge is 0.136 e. The molecule has 4 heterocycles. The van der Waals surface area contributed by atoms with E-state index >= 15 is 0 Å². The van der Waals surface area contributed by atoms with Crippen LogP contribution in [0.2, 0.25) is 0 Å². The number of nitrogens with zero attached hydrogens (tertiary/aromatic N) is 1. The Kier molecular flexibility index (Phi) is 7.38. The number of hydrogen-bond acceptors (Lipinski definition) is 5. The van der Waals surface area contributed by atoms with Crippen molar-refractivity contribution in [2.24, 2.45) is 5.92 Å². The molecule has 3 atom stereocenters. The average molecular weight is 739 g/mol. The van der Waals surface area contributed by atoms with Crippen LogP contribution in [0.4, 0.5) is 0 Å². The third-order valence-electron chi connectivity index (χ3n) is 12.1. The van der Waals surface area contributed by atoms with Crippen LogP contribution in [-0.4, -0.2) is 10.7 Å². The summed E-state index contributed by atoms with van der Waals surface area (Å²) in [5.74, 6) is 0.181. The molecule has 2 aliphatic rings. The molecule has 1 aliphatic heterocycles. The van der Waals surface area contributed by atoms with Gasteiger partial charge in [0.1, 0.15) is 22.2 Å². The van der Waals surface area contributed by atoms with Gasteiger partial charge in [0, 0.05) is 43.8 Å². The second-order valence-corrected chi connectivity index (χ2v) is 15.4. The van der Waals surface area contributed by atoms with Crippen molar-refractivity contribution in [3.8, 4) is 16.8 Å². The second kappa shape index (κ2) is 12.9. The molecule has 10 aromatic rings. The minimum atomic E-state index is -0.00635. The van der Waals surface area contributed by atoms with E-state index in [1.807, 2.05) is 0 Å². The van der Waals surface area contributed by atoms with E-state index in [9.17, 15) is 0 Å². The normalized spacial score (nSPS) is 19.6. The lowest BCUT2D eigenvalue weighted by Gasteiger charge is -2.42. The molecule has 6 nitrogen and oxygen atoms in total. The van der Waals surface area contributed by atoms with Crippen LogP contribution in [0.1, 0.15) is 29.9 Å². The summed E-state index contributed by atoms with van der Waals surface area (Å²) in [6.07, 6.45) is 5.56. The van der Waals surface area contributed by atoms with Crippen LogP contribution >= 0.6 is 0 Å². The van der Waals surface area contributed by atoms with E-state index < -0.39 is 0 Å². The predicted octanol–water partition coefficient (Wildman–Crippen LogP) is 10.2. The molecule has 3 unspecified atom stereocenters. The first-order valence-corrected chi connectivity index (χ1v) is 19.8. The molecule has 274 valence electrons. The van der Waals surface area contributed by atoms with E-state index in [0.717, 1.165) is 66.8 Å². The van der Waals surface area contributed by atoms with Crippen LogP contribution in [0.5, 0.6) is 0 Å². The van der Waals surface area contributed by atoms with Gasteiger partial charge in [-0.15, -0.1) is 0 Å². The minimum Gasteiger partial charge on any atom is -0.456 e. The van der Waals surface area contributed by atoms with Crippen LogP contribution in [0.3, 0.4) is 0 Å². The topological polar surface area (TPSA) is 67.3 Å². The first-order chi connectivity index (χ1) is 28.2. The molecule has 0 bridgehead atoms. The summed E-state index contributed by atoms with van der Waals surface area (Å²) < 4.78 is 15.6. The van der Waals surface area contributed by atoms with Crippen molar-refractivity contribution < 1.29 is 8.83 Å². The summed E-state index contributed by atoms with van der Waals surface area (Å²) in [7, 11) is 0. The first kappa shape index (κ1) is 32.5. The van der Waals surface area contributed by atoms with Gasteiger partial charge in [-0.05, 0) is 83.3 Å². The van der Waals surface area contributed by atoms with Gasteiger partial charge in [-0.25, -0.2) is 0 Å². The number of aromatic nitrogens is 1. The maximum Gasteiger partial charge on any atom is 0.136 e. The van der Waals surface area contributed by atoms with E-state index in [-0.39, 0.29) is 24.4 Å². The molecule has 1 fully saturated rings. The van der Waals surface area contributed by atoms with Gasteiger partial charge in [0.05, 0.1) is 29.5 Å². The van der Waals surface area contributed by atoms with Gasteiger partial charge in [0.2, 0.25) is 0 Å². The van der Waals surface area contributed by atoms with Crippen molar-refractivity contribution >= 4 is 66.9 Å². The lowest BCUT2D eigenvalue weighted by Crippen LogP contribution is -2.61. The van der Waals surface area contributed by atoms with Crippen molar-refractivity contribution in [3.63, 3.8) is 0 Å². The molecule has 0 saturated carbocycles. The fourth-order valence-electron chi connectivity index (χ4n) is 9.37. The molecule has 1 aliphatic carbocycles. The summed E-state index contributed by atoms with van der Waals surface area (Å²) in [6, 6.07) is 58.1. The largest absolute Gasteiger partial charge is 0.456 e. The van der Waals surface area contributed by atoms with Gasteiger partial charge in [-0.3, -0.25) is 16.0 Å². The number of nitrogens with one attached hydrogen (secondary N) is 3. The van der Waals surface area contributed by atoms with Crippen LogP contribution in [0.25, 0.3) is 83.7 Å². The summed E-state index contributed by atoms with van der Waals surface area (Å²) in [6.45, 7) is 0. The Labute approximate surface area is 328 Å². The van der Waals surface area contributed by atoms with Crippen molar-refractivity contribution in [1.29, 1.82) is 0 Å². The Bertz CT molecular complexity index is 3190. The van der Waals surface area contributed by atoms with Gasteiger partial charge in [-0.2, -0.15) is 0 Å². The Morgan fingerprint density at radius 2 is 1.19 bits per heavy atom. The second-order valence-electron chi connectivity index (χ2n) is 15.4. The Balaban J connectivity index is 0.912. The average Bonchev–Trinajstić information content (AvgIpc) is 3.95. The molecule has 6 heteroatoms.